The van der Waals surface area contributed by atoms with Gasteiger partial charge in [-0.15, -0.1) is 0 Å². The molecule has 7 nitrogen and oxygen atoms in total. The first kappa shape index (κ1) is 23.3. The van der Waals surface area contributed by atoms with Gasteiger partial charge < -0.3 is 24.4 Å². The van der Waals surface area contributed by atoms with Crippen molar-refractivity contribution in [3.63, 3.8) is 0 Å². The zero-order chi connectivity index (χ0) is 22.6. The third-order valence-corrected chi connectivity index (χ3v) is 7.95. The summed E-state index contributed by atoms with van der Waals surface area (Å²) in [5.74, 6) is 2.01. The van der Waals surface area contributed by atoms with Crippen molar-refractivity contribution in [3.05, 3.63) is 23.8 Å². The van der Waals surface area contributed by atoms with Gasteiger partial charge in [-0.05, 0) is 50.8 Å². The summed E-state index contributed by atoms with van der Waals surface area (Å²) in [6.45, 7) is 9.32. The third kappa shape index (κ3) is 4.61. The van der Waals surface area contributed by atoms with Crippen molar-refractivity contribution in [2.24, 2.45) is 11.3 Å². The topological polar surface area (TPSA) is 63.3 Å². The van der Waals surface area contributed by atoms with Crippen molar-refractivity contribution in [1.29, 1.82) is 0 Å². The molecule has 3 fully saturated rings. The highest BCUT2D eigenvalue weighted by Crippen LogP contribution is 2.48. The Labute approximate surface area is 192 Å². The maximum atomic E-state index is 13.8. The second kappa shape index (κ2) is 10.4. The maximum absolute atomic E-state index is 13.8. The zero-order valence-electron chi connectivity index (χ0n) is 19.9. The summed E-state index contributed by atoms with van der Waals surface area (Å²) in [5.41, 5.74) is 0.640. The van der Waals surface area contributed by atoms with Crippen LogP contribution in [-0.4, -0.2) is 81.9 Å². The summed E-state index contributed by atoms with van der Waals surface area (Å²) in [4.78, 5) is 18.8. The fraction of sp³-hybridized carbons (Fsp3) is 0.720. The number of nitrogens with zero attached hydrogens (tertiary/aromatic N) is 2. The molecule has 0 bridgehead atoms. The van der Waals surface area contributed by atoms with E-state index in [0.717, 1.165) is 77.2 Å². The Bertz CT molecular complexity index is 782. The molecule has 0 unspecified atom stereocenters. The lowest BCUT2D eigenvalue weighted by Crippen LogP contribution is -2.60. The van der Waals surface area contributed by atoms with Gasteiger partial charge in [-0.2, -0.15) is 0 Å². The molecule has 1 saturated carbocycles. The number of benzene rings is 1. The second-order valence-corrected chi connectivity index (χ2v) is 9.42. The van der Waals surface area contributed by atoms with Gasteiger partial charge in [0.25, 0.3) is 0 Å². The molecule has 4 rings (SSSR count). The highest BCUT2D eigenvalue weighted by atomic mass is 16.5. The molecule has 2 heterocycles. The van der Waals surface area contributed by atoms with Crippen molar-refractivity contribution >= 4 is 5.91 Å². The van der Waals surface area contributed by atoms with Gasteiger partial charge in [-0.3, -0.25) is 9.69 Å². The number of morpholine rings is 1. The van der Waals surface area contributed by atoms with E-state index in [-0.39, 0.29) is 11.3 Å². The van der Waals surface area contributed by atoms with Gasteiger partial charge in [0, 0.05) is 37.8 Å². The molecule has 32 heavy (non-hydrogen) atoms. The number of piperidine rings is 1. The fourth-order valence-corrected chi connectivity index (χ4v) is 6.08. The minimum Gasteiger partial charge on any atom is -0.493 e. The number of amides is 1. The number of nitrogens with one attached hydrogen (secondary N) is 1. The molecule has 1 aliphatic carbocycles. The number of carbonyl (C=O) groups is 1. The Morgan fingerprint density at radius 3 is 2.72 bits per heavy atom. The Balaban J connectivity index is 1.49. The van der Waals surface area contributed by atoms with Crippen LogP contribution in [0.25, 0.3) is 0 Å². The van der Waals surface area contributed by atoms with Crippen LogP contribution in [0.1, 0.15) is 38.2 Å². The lowest BCUT2D eigenvalue weighted by atomic mass is 9.61. The molecule has 1 amide bonds. The van der Waals surface area contributed by atoms with E-state index in [4.69, 9.17) is 14.2 Å². The van der Waals surface area contributed by atoms with Crippen LogP contribution in [0.5, 0.6) is 11.5 Å². The summed E-state index contributed by atoms with van der Waals surface area (Å²) >= 11 is 0. The summed E-state index contributed by atoms with van der Waals surface area (Å²) in [6.07, 6.45) is 4.26. The van der Waals surface area contributed by atoms with Gasteiger partial charge in [-0.25, -0.2) is 0 Å². The predicted molar refractivity (Wildman–Crippen MR) is 124 cm³/mol. The average molecular weight is 446 g/mol. The molecular weight excluding hydrogens is 406 g/mol. The van der Waals surface area contributed by atoms with Crippen LogP contribution in [0.2, 0.25) is 0 Å². The first-order chi connectivity index (χ1) is 15.6. The molecule has 3 atom stereocenters. The number of hydrogen-bond donors (Lipinski definition) is 1. The van der Waals surface area contributed by atoms with E-state index in [2.05, 4.69) is 22.0 Å². The van der Waals surface area contributed by atoms with Crippen LogP contribution in [0.4, 0.5) is 0 Å². The Morgan fingerprint density at radius 2 is 2.00 bits per heavy atom. The van der Waals surface area contributed by atoms with Gasteiger partial charge >= 0.3 is 0 Å². The molecule has 178 valence electrons. The third-order valence-electron chi connectivity index (χ3n) is 7.95. The summed E-state index contributed by atoms with van der Waals surface area (Å²) in [7, 11) is 3.28. The molecule has 1 aromatic carbocycles. The zero-order valence-corrected chi connectivity index (χ0v) is 19.9. The van der Waals surface area contributed by atoms with Crippen molar-refractivity contribution in [2.75, 3.05) is 60.2 Å². The van der Waals surface area contributed by atoms with Crippen molar-refractivity contribution in [3.8, 4) is 11.5 Å². The summed E-state index contributed by atoms with van der Waals surface area (Å²) < 4.78 is 16.6. The number of para-hydroxylation sites is 1. The standard InChI is InChI=1S/C25H39N3O4/c1-4-27-11-9-20-16-21(28-12-14-32-15-13-28)8-10-25(20,18-27)24(29)26-17-19-6-5-7-22(30-2)23(19)31-3/h5-7,20-21H,4,8-18H2,1-3H3,(H,26,29)/t20-,21+,25-/m1/s1. The van der Waals surface area contributed by atoms with Gasteiger partial charge in [0.2, 0.25) is 5.91 Å². The predicted octanol–water partition coefficient (Wildman–Crippen LogP) is 2.53. The van der Waals surface area contributed by atoms with E-state index in [1.807, 2.05) is 18.2 Å². The van der Waals surface area contributed by atoms with E-state index in [0.29, 0.717) is 30.0 Å². The number of ether oxygens (including phenoxy) is 3. The Kier molecular flexibility index (Phi) is 7.59. The molecule has 7 heteroatoms. The average Bonchev–Trinajstić information content (AvgIpc) is 2.86. The number of rotatable bonds is 7. The van der Waals surface area contributed by atoms with Crippen LogP contribution in [-0.2, 0) is 16.1 Å². The Hall–Kier alpha value is -1.83. The van der Waals surface area contributed by atoms with E-state index in [1.165, 1.54) is 0 Å². The van der Waals surface area contributed by atoms with Gasteiger partial charge in [0.15, 0.2) is 11.5 Å². The number of hydrogen-bond acceptors (Lipinski definition) is 6. The van der Waals surface area contributed by atoms with E-state index >= 15 is 0 Å². The maximum Gasteiger partial charge on any atom is 0.228 e. The number of likely N-dealkylation sites (tertiary alicyclic amines) is 1. The number of methoxy groups -OCH3 is 2. The van der Waals surface area contributed by atoms with Crippen molar-refractivity contribution in [2.45, 2.75) is 45.2 Å². The summed E-state index contributed by atoms with van der Waals surface area (Å²) in [6, 6.07) is 6.39. The smallest absolute Gasteiger partial charge is 0.228 e. The van der Waals surface area contributed by atoms with Crippen LogP contribution < -0.4 is 14.8 Å². The Morgan fingerprint density at radius 1 is 1.19 bits per heavy atom. The normalized spacial score (nSPS) is 29.2. The molecular formula is C25H39N3O4. The number of fused-ring (bicyclic) bond motifs is 1. The van der Waals surface area contributed by atoms with E-state index in [9.17, 15) is 4.79 Å². The molecule has 1 N–H and O–H groups in total. The fourth-order valence-electron chi connectivity index (χ4n) is 6.08. The minimum atomic E-state index is -0.302. The molecule has 1 aromatic rings. The first-order valence-corrected chi connectivity index (χ1v) is 12.1. The van der Waals surface area contributed by atoms with E-state index < -0.39 is 0 Å². The SMILES string of the molecule is CCN1CC[C@@H]2C[C@@H](N3CCOCC3)CC[C@@]2(C(=O)NCc2cccc(OC)c2OC)C1. The molecule has 2 saturated heterocycles. The van der Waals surface area contributed by atoms with Crippen LogP contribution in [0.15, 0.2) is 18.2 Å². The van der Waals surface area contributed by atoms with Crippen molar-refractivity contribution in [1.82, 2.24) is 15.1 Å². The van der Waals surface area contributed by atoms with Gasteiger partial charge in [-0.1, -0.05) is 19.1 Å². The quantitative estimate of drug-likeness (QED) is 0.696. The van der Waals surface area contributed by atoms with Crippen molar-refractivity contribution < 1.29 is 19.0 Å². The van der Waals surface area contributed by atoms with E-state index in [1.54, 1.807) is 14.2 Å². The highest BCUT2D eigenvalue weighted by molar-refractivity contribution is 5.83. The number of carbonyl (C=O) groups excluding carboxylic acids is 1. The lowest BCUT2D eigenvalue weighted by Gasteiger charge is -2.53. The highest BCUT2D eigenvalue weighted by Gasteiger charge is 2.52. The minimum absolute atomic E-state index is 0.200. The molecule has 3 aliphatic rings. The first-order valence-electron chi connectivity index (χ1n) is 12.1. The van der Waals surface area contributed by atoms with Crippen LogP contribution >= 0.6 is 0 Å². The molecule has 2 aliphatic heterocycles. The van der Waals surface area contributed by atoms with Crippen LogP contribution in [0, 0.1) is 11.3 Å². The van der Waals surface area contributed by atoms with Gasteiger partial charge in [0.05, 0.1) is 32.8 Å². The molecule has 0 spiro atoms. The second-order valence-electron chi connectivity index (χ2n) is 9.42. The van der Waals surface area contributed by atoms with Gasteiger partial charge in [0.1, 0.15) is 0 Å². The summed E-state index contributed by atoms with van der Waals surface area (Å²) in [5, 5.41) is 3.29. The molecule has 0 radical (unpaired) electrons. The molecule has 0 aromatic heterocycles. The largest absolute Gasteiger partial charge is 0.493 e. The monoisotopic (exact) mass is 445 g/mol. The van der Waals surface area contributed by atoms with Crippen LogP contribution in [0.3, 0.4) is 0 Å². The lowest BCUT2D eigenvalue weighted by molar-refractivity contribution is -0.145.